The molecule has 1 fully saturated rings. The van der Waals surface area contributed by atoms with Gasteiger partial charge in [-0.3, -0.25) is 0 Å². The predicted molar refractivity (Wildman–Crippen MR) is 174 cm³/mol. The number of hydrogen-bond acceptors (Lipinski definition) is 0. The Morgan fingerprint density at radius 1 is 0.707 bits per heavy atom. The fraction of sp³-hybridized carbons (Fsp3) is 0.350. The molecule has 0 nitrogen and oxygen atoms in total. The summed E-state index contributed by atoms with van der Waals surface area (Å²) in [6, 6.07) is 34.5. The molecule has 1 saturated carbocycles. The molecule has 0 amide bonds. The monoisotopic (exact) mass is 544 g/mol. The van der Waals surface area contributed by atoms with E-state index in [-0.39, 0.29) is 5.82 Å². The Hall–Kier alpha value is -3.45. The van der Waals surface area contributed by atoms with Gasteiger partial charge in [0.2, 0.25) is 0 Å². The van der Waals surface area contributed by atoms with Crippen LogP contribution >= 0.6 is 0 Å². The molecular weight excluding hydrogens is 499 g/mol. The van der Waals surface area contributed by atoms with Crippen molar-refractivity contribution in [2.24, 2.45) is 5.92 Å². The van der Waals surface area contributed by atoms with E-state index in [0.717, 1.165) is 43.6 Å². The van der Waals surface area contributed by atoms with Crippen molar-refractivity contribution in [3.05, 3.63) is 142 Å². The zero-order valence-electron chi connectivity index (χ0n) is 24.9. The average Bonchev–Trinajstić information content (AvgIpc) is 3.01. The van der Waals surface area contributed by atoms with E-state index in [9.17, 15) is 0 Å². The van der Waals surface area contributed by atoms with Crippen LogP contribution in [0.1, 0.15) is 103 Å². The second kappa shape index (κ2) is 14.4. The van der Waals surface area contributed by atoms with Crippen LogP contribution in [0.4, 0.5) is 4.39 Å². The summed E-state index contributed by atoms with van der Waals surface area (Å²) in [4.78, 5) is 0. The van der Waals surface area contributed by atoms with Crippen molar-refractivity contribution in [1.29, 1.82) is 0 Å². The predicted octanol–water partition coefficient (Wildman–Crippen LogP) is 11.2. The van der Waals surface area contributed by atoms with Crippen LogP contribution < -0.4 is 0 Å². The Labute approximate surface area is 247 Å². The van der Waals surface area contributed by atoms with Crippen molar-refractivity contribution in [3.63, 3.8) is 0 Å². The van der Waals surface area contributed by atoms with Crippen LogP contribution in [0.25, 0.3) is 12.2 Å². The van der Waals surface area contributed by atoms with Gasteiger partial charge in [-0.2, -0.15) is 0 Å². The Balaban J connectivity index is 1.10. The maximum Gasteiger partial charge on any atom is 0.130 e. The fourth-order valence-corrected chi connectivity index (χ4v) is 6.51. The van der Waals surface area contributed by atoms with E-state index in [4.69, 9.17) is 0 Å². The highest BCUT2D eigenvalue weighted by Gasteiger charge is 2.24. The first-order valence-electron chi connectivity index (χ1n) is 15.8. The molecule has 0 radical (unpaired) electrons. The zero-order chi connectivity index (χ0) is 28.4. The molecule has 0 spiro atoms. The second-order valence-corrected chi connectivity index (χ2v) is 12.2. The summed E-state index contributed by atoms with van der Waals surface area (Å²) in [5.74, 6) is 1.75. The molecule has 0 heterocycles. The van der Waals surface area contributed by atoms with E-state index in [1.165, 1.54) is 53.5 Å². The molecule has 0 unspecified atom stereocenters. The summed E-state index contributed by atoms with van der Waals surface area (Å²) in [6.45, 7) is 4.57. The molecule has 1 heteroatoms. The summed E-state index contributed by atoms with van der Waals surface area (Å²) < 4.78 is 15.1. The molecule has 4 aromatic carbocycles. The topological polar surface area (TPSA) is 0 Å². The van der Waals surface area contributed by atoms with E-state index >= 15 is 4.39 Å². The van der Waals surface area contributed by atoms with Crippen LogP contribution in [0, 0.1) is 11.7 Å². The van der Waals surface area contributed by atoms with Crippen molar-refractivity contribution < 1.29 is 4.39 Å². The van der Waals surface area contributed by atoms with Gasteiger partial charge in [0.15, 0.2) is 0 Å². The quantitative estimate of drug-likeness (QED) is 0.165. The lowest BCUT2D eigenvalue weighted by atomic mass is 9.75. The van der Waals surface area contributed by atoms with Crippen LogP contribution in [0.2, 0.25) is 0 Å². The number of aryl methyl sites for hydroxylation is 3. The lowest BCUT2D eigenvalue weighted by molar-refractivity contribution is 0.297. The second-order valence-electron chi connectivity index (χ2n) is 12.2. The Morgan fingerprint density at radius 2 is 1.32 bits per heavy atom. The van der Waals surface area contributed by atoms with Crippen molar-refractivity contribution in [3.8, 4) is 0 Å². The third-order valence-electron chi connectivity index (χ3n) is 9.10. The Morgan fingerprint density at radius 3 is 1.93 bits per heavy atom. The Bertz CT molecular complexity index is 1370. The zero-order valence-corrected chi connectivity index (χ0v) is 24.9. The maximum atomic E-state index is 15.1. The van der Waals surface area contributed by atoms with E-state index in [1.807, 2.05) is 18.2 Å². The summed E-state index contributed by atoms with van der Waals surface area (Å²) in [5.41, 5.74) is 8.51. The summed E-state index contributed by atoms with van der Waals surface area (Å²) in [6.07, 6.45) is 14.4. The van der Waals surface area contributed by atoms with Crippen LogP contribution in [0.5, 0.6) is 0 Å². The van der Waals surface area contributed by atoms with Crippen LogP contribution in [-0.4, -0.2) is 0 Å². The molecular formula is C40H45F. The lowest BCUT2D eigenvalue weighted by Gasteiger charge is -2.30. The summed E-state index contributed by atoms with van der Waals surface area (Å²) in [7, 11) is 0. The minimum absolute atomic E-state index is 0.111. The van der Waals surface area contributed by atoms with E-state index in [2.05, 4.69) is 98.8 Å². The fourth-order valence-electron chi connectivity index (χ4n) is 6.51. The molecule has 0 aromatic heterocycles. The summed E-state index contributed by atoms with van der Waals surface area (Å²) in [5, 5.41) is 0. The highest BCUT2D eigenvalue weighted by molar-refractivity contribution is 5.70. The highest BCUT2D eigenvalue weighted by atomic mass is 19.1. The first-order chi connectivity index (χ1) is 20.1. The smallest absolute Gasteiger partial charge is 0.130 e. The SMILES string of the molecule is CCCc1ccc(CCc2ccc(C=Cc3ccc(C4CCC(C[C@@H](C)c5ccccc5)CC4)cc3F)cc2)cc1. The van der Waals surface area contributed by atoms with E-state index in [0.29, 0.717) is 17.4 Å². The Kier molecular flexibility index (Phi) is 10.2. The first kappa shape index (κ1) is 29.1. The van der Waals surface area contributed by atoms with Gasteiger partial charge in [0.05, 0.1) is 0 Å². The molecule has 0 aliphatic heterocycles. The van der Waals surface area contributed by atoms with Crippen molar-refractivity contribution in [1.82, 2.24) is 0 Å². The third-order valence-corrected chi connectivity index (χ3v) is 9.10. The van der Waals surface area contributed by atoms with Crippen molar-refractivity contribution in [2.75, 3.05) is 0 Å². The highest BCUT2D eigenvalue weighted by Crippen LogP contribution is 2.40. The molecule has 0 N–H and O–H groups in total. The van der Waals surface area contributed by atoms with Crippen molar-refractivity contribution >= 4 is 12.2 Å². The number of rotatable bonds is 11. The average molecular weight is 545 g/mol. The largest absolute Gasteiger partial charge is 0.206 e. The van der Waals surface area contributed by atoms with Crippen molar-refractivity contribution in [2.45, 2.75) is 83.5 Å². The van der Waals surface area contributed by atoms with Crippen LogP contribution in [-0.2, 0) is 19.3 Å². The molecule has 1 aliphatic carbocycles. The van der Waals surface area contributed by atoms with Crippen LogP contribution in [0.3, 0.4) is 0 Å². The molecule has 212 valence electrons. The first-order valence-corrected chi connectivity index (χ1v) is 15.8. The normalized spacial score (nSPS) is 18.0. The standard InChI is InChI=1S/C40H45F/c1-3-7-31-10-12-32(13-11-31)14-15-33-16-18-34(19-17-33)20-25-38-26-27-39(29-40(38)41)37-23-21-35(22-24-37)28-30(2)36-8-5-4-6-9-36/h4-6,8-13,16-20,25-27,29-30,35,37H,3,7,14-15,21-24,28H2,1-2H3/t30-,35?,37?/m1/s1. The van der Waals surface area contributed by atoms with Gasteiger partial charge in [0, 0.05) is 5.56 Å². The number of halogens is 1. The number of benzene rings is 4. The molecule has 5 rings (SSSR count). The third kappa shape index (κ3) is 8.29. The van der Waals surface area contributed by atoms with Gasteiger partial charge in [0.1, 0.15) is 5.82 Å². The summed E-state index contributed by atoms with van der Waals surface area (Å²) >= 11 is 0. The molecule has 1 atom stereocenters. The van der Waals surface area contributed by atoms with Gasteiger partial charge in [-0.1, -0.05) is 123 Å². The minimum atomic E-state index is -0.111. The maximum absolute atomic E-state index is 15.1. The molecule has 1 aliphatic rings. The van der Waals surface area contributed by atoms with Gasteiger partial charge in [-0.15, -0.1) is 0 Å². The molecule has 4 aromatic rings. The molecule has 0 saturated heterocycles. The lowest BCUT2D eigenvalue weighted by Crippen LogP contribution is -2.15. The van der Waals surface area contributed by atoms with Gasteiger partial charge in [0.25, 0.3) is 0 Å². The molecule has 41 heavy (non-hydrogen) atoms. The van der Waals surface area contributed by atoms with Gasteiger partial charge in [-0.25, -0.2) is 4.39 Å². The van der Waals surface area contributed by atoms with E-state index in [1.54, 1.807) is 6.07 Å². The van der Waals surface area contributed by atoms with E-state index < -0.39 is 0 Å². The number of hydrogen-bond donors (Lipinski definition) is 0. The van der Waals surface area contributed by atoms with Crippen LogP contribution in [0.15, 0.2) is 97.1 Å². The minimum Gasteiger partial charge on any atom is -0.206 e. The van der Waals surface area contributed by atoms with Gasteiger partial charge < -0.3 is 0 Å². The van der Waals surface area contributed by atoms with Gasteiger partial charge in [-0.05, 0) is 109 Å². The molecule has 0 bridgehead atoms. The van der Waals surface area contributed by atoms with Gasteiger partial charge >= 0.3 is 0 Å².